The molecule has 0 bridgehead atoms. The second-order valence-corrected chi connectivity index (χ2v) is 4.05. The zero-order valence-electron chi connectivity index (χ0n) is 9.64. The maximum atomic E-state index is 5.97. The van der Waals surface area contributed by atoms with Crippen LogP contribution in [0.2, 0.25) is 10.2 Å². The summed E-state index contributed by atoms with van der Waals surface area (Å²) < 4.78 is 1.84. The fraction of sp³-hybridized carbons (Fsp3) is 0.500. The highest BCUT2D eigenvalue weighted by molar-refractivity contribution is 6.41. The normalized spacial score (nSPS) is 11.7. The third-order valence-corrected chi connectivity index (χ3v) is 3.06. The van der Waals surface area contributed by atoms with Gasteiger partial charge in [0.2, 0.25) is 0 Å². The number of guanidine groups is 1. The van der Waals surface area contributed by atoms with Crippen LogP contribution in [0.1, 0.15) is 12.6 Å². The summed E-state index contributed by atoms with van der Waals surface area (Å²) in [6.07, 6.45) is 0. The van der Waals surface area contributed by atoms with Crippen LogP contribution in [0.3, 0.4) is 0 Å². The molecule has 0 aliphatic rings. The molecule has 90 valence electrons. The maximum Gasteiger partial charge on any atom is 0.191 e. The molecule has 0 unspecified atom stereocenters. The molecule has 0 amide bonds. The molecule has 1 aromatic rings. The largest absolute Gasteiger partial charge is 0.357 e. The van der Waals surface area contributed by atoms with Crippen LogP contribution in [0.15, 0.2) is 11.1 Å². The van der Waals surface area contributed by atoms with Gasteiger partial charge >= 0.3 is 0 Å². The van der Waals surface area contributed by atoms with E-state index in [9.17, 15) is 0 Å². The average Bonchev–Trinajstić information content (AvgIpc) is 2.52. The minimum atomic E-state index is 0.553. The third-order valence-electron chi connectivity index (χ3n) is 2.22. The number of nitrogens with zero attached hydrogens (tertiary/aromatic N) is 2. The zero-order chi connectivity index (χ0) is 12.1. The molecule has 0 aliphatic heterocycles. The lowest BCUT2D eigenvalue weighted by Gasteiger charge is -2.10. The summed E-state index contributed by atoms with van der Waals surface area (Å²) in [7, 11) is 3.61. The smallest absolute Gasteiger partial charge is 0.191 e. The van der Waals surface area contributed by atoms with Gasteiger partial charge in [-0.15, -0.1) is 0 Å². The van der Waals surface area contributed by atoms with Crippen LogP contribution < -0.4 is 10.6 Å². The molecule has 0 saturated heterocycles. The van der Waals surface area contributed by atoms with Crippen molar-refractivity contribution in [2.75, 3.05) is 13.6 Å². The first kappa shape index (κ1) is 13.2. The summed E-state index contributed by atoms with van der Waals surface area (Å²) in [6.45, 7) is 3.47. The molecule has 16 heavy (non-hydrogen) atoms. The van der Waals surface area contributed by atoms with Crippen LogP contribution >= 0.6 is 23.2 Å². The Morgan fingerprint density at radius 2 is 2.12 bits per heavy atom. The molecule has 4 nitrogen and oxygen atoms in total. The monoisotopic (exact) mass is 262 g/mol. The van der Waals surface area contributed by atoms with Gasteiger partial charge in [0, 0.05) is 26.3 Å². The van der Waals surface area contributed by atoms with E-state index in [4.69, 9.17) is 23.2 Å². The van der Waals surface area contributed by atoms with Gasteiger partial charge < -0.3 is 15.2 Å². The maximum absolute atomic E-state index is 5.97. The first-order valence-electron chi connectivity index (χ1n) is 5.04. The first-order valence-corrected chi connectivity index (χ1v) is 5.79. The van der Waals surface area contributed by atoms with Crippen molar-refractivity contribution in [3.63, 3.8) is 0 Å². The predicted octanol–water partition coefficient (Wildman–Crippen LogP) is 2.02. The van der Waals surface area contributed by atoms with Crippen molar-refractivity contribution in [1.82, 2.24) is 15.2 Å². The molecule has 0 saturated carbocycles. The first-order chi connectivity index (χ1) is 7.60. The molecule has 2 N–H and O–H groups in total. The van der Waals surface area contributed by atoms with Gasteiger partial charge in [-0.05, 0) is 13.0 Å². The number of nitrogens with one attached hydrogen (secondary N) is 2. The van der Waals surface area contributed by atoms with Crippen LogP contribution in [-0.2, 0) is 13.6 Å². The molecule has 6 heteroatoms. The minimum absolute atomic E-state index is 0.553. The lowest BCUT2D eigenvalue weighted by atomic mass is 10.4. The van der Waals surface area contributed by atoms with E-state index in [2.05, 4.69) is 15.6 Å². The highest BCUT2D eigenvalue weighted by atomic mass is 35.5. The van der Waals surface area contributed by atoms with E-state index in [-0.39, 0.29) is 0 Å². The Balaban J connectivity index is 2.64. The van der Waals surface area contributed by atoms with E-state index in [1.54, 1.807) is 7.05 Å². The van der Waals surface area contributed by atoms with Crippen molar-refractivity contribution >= 4 is 29.2 Å². The number of aromatic nitrogens is 1. The van der Waals surface area contributed by atoms with Crippen molar-refractivity contribution < 1.29 is 0 Å². The summed E-state index contributed by atoms with van der Waals surface area (Å²) in [5.74, 6) is 0.760. The average molecular weight is 263 g/mol. The van der Waals surface area contributed by atoms with Crippen molar-refractivity contribution in [2.24, 2.45) is 12.0 Å². The Morgan fingerprint density at radius 3 is 2.56 bits per heavy atom. The van der Waals surface area contributed by atoms with E-state index >= 15 is 0 Å². The van der Waals surface area contributed by atoms with Gasteiger partial charge in [0.05, 0.1) is 11.6 Å². The second kappa shape index (κ2) is 6.01. The van der Waals surface area contributed by atoms with Crippen molar-refractivity contribution in [3.05, 3.63) is 21.9 Å². The Bertz CT molecular complexity index is 384. The van der Waals surface area contributed by atoms with E-state index < -0.39 is 0 Å². The van der Waals surface area contributed by atoms with Crippen molar-refractivity contribution in [2.45, 2.75) is 13.5 Å². The lowest BCUT2D eigenvalue weighted by Crippen LogP contribution is -2.36. The summed E-state index contributed by atoms with van der Waals surface area (Å²) in [5, 5.41) is 7.40. The Morgan fingerprint density at radius 1 is 1.44 bits per heavy atom. The number of hydrogen-bond acceptors (Lipinski definition) is 1. The van der Waals surface area contributed by atoms with E-state index in [0.717, 1.165) is 18.2 Å². The Hall–Kier alpha value is -0.870. The van der Waals surface area contributed by atoms with E-state index in [1.807, 2.05) is 24.6 Å². The van der Waals surface area contributed by atoms with Crippen LogP contribution in [0.4, 0.5) is 0 Å². The van der Waals surface area contributed by atoms with Crippen LogP contribution in [0.5, 0.6) is 0 Å². The molecule has 0 fully saturated rings. The number of aliphatic imine (C=N–C) groups is 1. The van der Waals surface area contributed by atoms with Gasteiger partial charge in [0.1, 0.15) is 5.15 Å². The predicted molar refractivity (Wildman–Crippen MR) is 69.3 cm³/mol. The zero-order valence-corrected chi connectivity index (χ0v) is 11.2. The molecule has 1 heterocycles. The van der Waals surface area contributed by atoms with Gasteiger partial charge in [0.25, 0.3) is 0 Å². The molecule has 0 atom stereocenters. The fourth-order valence-electron chi connectivity index (χ4n) is 1.32. The molecular weight excluding hydrogens is 247 g/mol. The highest BCUT2D eigenvalue weighted by Gasteiger charge is 2.08. The van der Waals surface area contributed by atoms with Gasteiger partial charge in [-0.3, -0.25) is 4.99 Å². The standard InChI is InChI=1S/C10H16Cl2N4/c1-4-14-10(13-2)15-6-7-5-8(11)9(12)16(7)3/h5H,4,6H2,1-3H3,(H2,13,14,15). The quantitative estimate of drug-likeness (QED) is 0.647. The van der Waals surface area contributed by atoms with Crippen LogP contribution in [-0.4, -0.2) is 24.1 Å². The summed E-state index contributed by atoms with van der Waals surface area (Å²) in [6, 6.07) is 1.84. The second-order valence-electron chi connectivity index (χ2n) is 3.29. The topological polar surface area (TPSA) is 41.4 Å². The summed E-state index contributed by atoms with van der Waals surface area (Å²) >= 11 is 11.9. The molecular formula is C10H16Cl2N4. The van der Waals surface area contributed by atoms with Gasteiger partial charge in [-0.2, -0.15) is 0 Å². The molecule has 0 aliphatic carbocycles. The molecule has 0 radical (unpaired) electrons. The summed E-state index contributed by atoms with van der Waals surface area (Å²) in [4.78, 5) is 4.07. The van der Waals surface area contributed by atoms with Gasteiger partial charge in [0.15, 0.2) is 5.96 Å². The van der Waals surface area contributed by atoms with Crippen molar-refractivity contribution in [1.29, 1.82) is 0 Å². The SMILES string of the molecule is CCNC(=NC)NCc1cc(Cl)c(Cl)n1C. The van der Waals surface area contributed by atoms with E-state index in [1.165, 1.54) is 0 Å². The number of hydrogen-bond donors (Lipinski definition) is 2. The van der Waals surface area contributed by atoms with Crippen molar-refractivity contribution in [3.8, 4) is 0 Å². The number of rotatable bonds is 3. The van der Waals surface area contributed by atoms with Gasteiger partial charge in [-0.25, -0.2) is 0 Å². The minimum Gasteiger partial charge on any atom is -0.357 e. The summed E-state index contributed by atoms with van der Waals surface area (Å²) in [5.41, 5.74) is 1.01. The van der Waals surface area contributed by atoms with E-state index in [0.29, 0.717) is 16.7 Å². The Labute approximate surface area is 106 Å². The van der Waals surface area contributed by atoms with Gasteiger partial charge in [-0.1, -0.05) is 23.2 Å². The Kier molecular flexibility index (Phi) is 4.96. The lowest BCUT2D eigenvalue weighted by molar-refractivity contribution is 0.757. The van der Waals surface area contributed by atoms with Crippen LogP contribution in [0.25, 0.3) is 0 Å². The highest BCUT2D eigenvalue weighted by Crippen LogP contribution is 2.24. The molecule has 1 aromatic heterocycles. The molecule has 1 rings (SSSR count). The van der Waals surface area contributed by atoms with Crippen LogP contribution in [0, 0.1) is 0 Å². The number of halogens is 2. The molecule has 0 spiro atoms. The third kappa shape index (κ3) is 3.06. The fourth-order valence-corrected chi connectivity index (χ4v) is 1.74. The molecule has 0 aromatic carbocycles.